The summed E-state index contributed by atoms with van der Waals surface area (Å²) in [5.74, 6) is 2.41. The maximum atomic E-state index is 6.15. The summed E-state index contributed by atoms with van der Waals surface area (Å²) >= 11 is 6.15. The number of guanidine groups is 1. The Bertz CT molecular complexity index is 798. The topological polar surface area (TPSA) is 78.1 Å². The van der Waals surface area contributed by atoms with E-state index in [1.807, 2.05) is 43.3 Å². The van der Waals surface area contributed by atoms with Crippen LogP contribution < -0.4 is 25.3 Å². The third kappa shape index (κ3) is 5.44. The highest BCUT2D eigenvalue weighted by atomic mass is 35.5. The second kappa shape index (κ2) is 9.37. The van der Waals surface area contributed by atoms with Gasteiger partial charge in [0.15, 0.2) is 17.5 Å². The van der Waals surface area contributed by atoms with Gasteiger partial charge in [0.1, 0.15) is 11.9 Å². The van der Waals surface area contributed by atoms with Crippen molar-refractivity contribution >= 4 is 23.2 Å². The molecule has 1 heterocycles. The first-order chi connectivity index (χ1) is 13.2. The molecule has 0 bridgehead atoms. The van der Waals surface area contributed by atoms with Crippen LogP contribution in [0.3, 0.4) is 0 Å². The van der Waals surface area contributed by atoms with Gasteiger partial charge in [-0.3, -0.25) is 0 Å². The lowest BCUT2D eigenvalue weighted by Crippen LogP contribution is -2.26. The maximum Gasteiger partial charge on any atom is 0.193 e. The van der Waals surface area contributed by atoms with E-state index >= 15 is 0 Å². The second-order valence-electron chi connectivity index (χ2n) is 6.14. The van der Waals surface area contributed by atoms with Gasteiger partial charge in [-0.2, -0.15) is 0 Å². The third-order valence-corrected chi connectivity index (χ3v) is 4.38. The zero-order chi connectivity index (χ0) is 19.1. The Labute approximate surface area is 164 Å². The number of halogens is 1. The van der Waals surface area contributed by atoms with Crippen molar-refractivity contribution < 1.29 is 14.2 Å². The van der Waals surface area contributed by atoms with Gasteiger partial charge in [0.05, 0.1) is 24.8 Å². The van der Waals surface area contributed by atoms with E-state index in [0.29, 0.717) is 42.2 Å². The Morgan fingerprint density at radius 1 is 1.22 bits per heavy atom. The smallest absolute Gasteiger partial charge is 0.193 e. The normalized spacial score (nSPS) is 15.0. The molecule has 3 N–H and O–H groups in total. The lowest BCUT2D eigenvalue weighted by Gasteiger charge is -2.17. The van der Waals surface area contributed by atoms with Gasteiger partial charge >= 0.3 is 0 Å². The van der Waals surface area contributed by atoms with Crippen LogP contribution in [0.4, 0.5) is 5.69 Å². The number of hydrogen-bond donors (Lipinski definition) is 2. The molecule has 2 aromatic rings. The number of nitrogens with zero attached hydrogens (tertiary/aromatic N) is 1. The molecule has 0 saturated carbocycles. The molecule has 0 saturated heterocycles. The third-order valence-electron chi connectivity index (χ3n) is 4.07. The van der Waals surface area contributed by atoms with E-state index in [1.165, 1.54) is 0 Å². The standard InChI is InChI=1S/C20H24ClN3O3/c1-2-15(27-17-7-4-3-6-16(17)21)13-23-20(22)24-14-8-9-18-19(12-14)26-11-5-10-25-18/h3-4,6-9,12,15H,2,5,10-11,13H2,1H3,(H3,22,23,24). The van der Waals surface area contributed by atoms with Crippen molar-refractivity contribution in [3.8, 4) is 17.2 Å². The molecular formula is C20H24ClN3O3. The summed E-state index contributed by atoms with van der Waals surface area (Å²) in [7, 11) is 0. The van der Waals surface area contributed by atoms with Gasteiger partial charge in [-0.15, -0.1) is 0 Å². The number of hydrogen-bond acceptors (Lipinski definition) is 4. The molecule has 1 aliphatic rings. The summed E-state index contributed by atoms with van der Waals surface area (Å²) < 4.78 is 17.2. The van der Waals surface area contributed by atoms with E-state index < -0.39 is 0 Å². The van der Waals surface area contributed by atoms with E-state index in [9.17, 15) is 0 Å². The Kier molecular flexibility index (Phi) is 6.65. The quantitative estimate of drug-likeness (QED) is 0.574. The summed E-state index contributed by atoms with van der Waals surface area (Å²) in [6.07, 6.45) is 1.53. The van der Waals surface area contributed by atoms with Crippen molar-refractivity contribution in [3.05, 3.63) is 47.5 Å². The van der Waals surface area contributed by atoms with E-state index in [1.54, 1.807) is 6.07 Å². The fraction of sp³-hybridized carbons (Fsp3) is 0.350. The highest BCUT2D eigenvalue weighted by molar-refractivity contribution is 6.32. The fourth-order valence-corrected chi connectivity index (χ4v) is 2.78. The van der Waals surface area contributed by atoms with Gasteiger partial charge in [-0.1, -0.05) is 30.7 Å². The number of nitrogens with two attached hydrogens (primary N) is 1. The highest BCUT2D eigenvalue weighted by Gasteiger charge is 2.12. The van der Waals surface area contributed by atoms with E-state index in [4.69, 9.17) is 31.5 Å². The van der Waals surface area contributed by atoms with Crippen LogP contribution in [0.1, 0.15) is 19.8 Å². The van der Waals surface area contributed by atoms with Crippen molar-refractivity contribution in [3.63, 3.8) is 0 Å². The highest BCUT2D eigenvalue weighted by Crippen LogP contribution is 2.32. The molecule has 1 unspecified atom stereocenters. The minimum absolute atomic E-state index is 0.117. The monoisotopic (exact) mass is 389 g/mol. The lowest BCUT2D eigenvalue weighted by molar-refractivity contribution is 0.206. The molecule has 0 amide bonds. The first-order valence-electron chi connectivity index (χ1n) is 9.03. The van der Waals surface area contributed by atoms with Gasteiger partial charge in [0.25, 0.3) is 0 Å². The van der Waals surface area contributed by atoms with Crippen LogP contribution in [0.25, 0.3) is 0 Å². The van der Waals surface area contributed by atoms with Gasteiger partial charge in [0, 0.05) is 18.2 Å². The molecule has 2 aromatic carbocycles. The summed E-state index contributed by atoms with van der Waals surface area (Å²) in [4.78, 5) is 4.39. The second-order valence-corrected chi connectivity index (χ2v) is 6.55. The molecule has 0 aromatic heterocycles. The maximum absolute atomic E-state index is 6.15. The number of fused-ring (bicyclic) bond motifs is 1. The van der Waals surface area contributed by atoms with Crippen molar-refractivity contribution in [1.82, 2.24) is 0 Å². The summed E-state index contributed by atoms with van der Waals surface area (Å²) in [5.41, 5.74) is 6.82. The van der Waals surface area contributed by atoms with Crippen LogP contribution in [0.2, 0.25) is 5.02 Å². The summed E-state index contributed by atoms with van der Waals surface area (Å²) in [6, 6.07) is 13.0. The van der Waals surface area contributed by atoms with Gasteiger partial charge in [-0.05, 0) is 30.7 Å². The van der Waals surface area contributed by atoms with Gasteiger partial charge < -0.3 is 25.3 Å². The zero-order valence-electron chi connectivity index (χ0n) is 15.3. The van der Waals surface area contributed by atoms with Crippen LogP contribution in [0, 0.1) is 0 Å². The number of benzene rings is 2. The van der Waals surface area contributed by atoms with E-state index in [-0.39, 0.29) is 6.10 Å². The van der Waals surface area contributed by atoms with E-state index in [0.717, 1.165) is 24.3 Å². The molecule has 144 valence electrons. The molecule has 1 aliphatic heterocycles. The Balaban J connectivity index is 1.60. The van der Waals surface area contributed by atoms with Crippen LogP contribution in [0.15, 0.2) is 47.5 Å². The van der Waals surface area contributed by atoms with E-state index in [2.05, 4.69) is 10.3 Å². The minimum atomic E-state index is -0.117. The molecule has 0 aliphatic carbocycles. The van der Waals surface area contributed by atoms with Crippen LogP contribution in [-0.4, -0.2) is 31.8 Å². The predicted molar refractivity (Wildman–Crippen MR) is 108 cm³/mol. The largest absolute Gasteiger partial charge is 0.490 e. The SMILES string of the molecule is CCC(CN=C(N)Nc1ccc2c(c1)OCCCO2)Oc1ccccc1Cl. The Morgan fingerprint density at radius 3 is 2.78 bits per heavy atom. The molecule has 0 spiro atoms. The number of aliphatic imine (C=N–C) groups is 1. The number of anilines is 1. The zero-order valence-corrected chi connectivity index (χ0v) is 16.0. The first-order valence-corrected chi connectivity index (χ1v) is 9.41. The van der Waals surface area contributed by atoms with Crippen molar-refractivity contribution in [1.29, 1.82) is 0 Å². The molecule has 27 heavy (non-hydrogen) atoms. The molecule has 7 heteroatoms. The molecule has 0 fully saturated rings. The molecule has 1 atom stereocenters. The molecule has 3 rings (SSSR count). The van der Waals surface area contributed by atoms with Crippen LogP contribution in [0.5, 0.6) is 17.2 Å². The summed E-state index contributed by atoms with van der Waals surface area (Å²) in [6.45, 7) is 3.75. The minimum Gasteiger partial charge on any atom is -0.490 e. The molecule has 0 radical (unpaired) electrons. The van der Waals surface area contributed by atoms with Crippen molar-refractivity contribution in [2.24, 2.45) is 10.7 Å². The first kappa shape index (κ1) is 19.2. The molecular weight excluding hydrogens is 366 g/mol. The average molecular weight is 390 g/mol. The fourth-order valence-electron chi connectivity index (χ4n) is 2.60. The number of para-hydroxylation sites is 1. The van der Waals surface area contributed by atoms with Crippen molar-refractivity contribution in [2.75, 3.05) is 25.1 Å². The summed E-state index contributed by atoms with van der Waals surface area (Å²) in [5, 5.41) is 3.66. The van der Waals surface area contributed by atoms with Crippen LogP contribution >= 0.6 is 11.6 Å². The Morgan fingerprint density at radius 2 is 2.00 bits per heavy atom. The lowest BCUT2D eigenvalue weighted by atomic mass is 10.2. The average Bonchev–Trinajstić information content (AvgIpc) is 2.91. The van der Waals surface area contributed by atoms with Crippen molar-refractivity contribution in [2.45, 2.75) is 25.9 Å². The number of ether oxygens (including phenoxy) is 3. The van der Waals surface area contributed by atoms with Gasteiger partial charge in [-0.25, -0.2) is 4.99 Å². The Hall–Kier alpha value is -2.60. The molecule has 6 nitrogen and oxygen atoms in total. The number of nitrogens with one attached hydrogen (secondary N) is 1. The predicted octanol–water partition coefficient (Wildman–Crippen LogP) is 4.09. The van der Waals surface area contributed by atoms with Crippen LogP contribution in [-0.2, 0) is 0 Å². The number of rotatable bonds is 6. The van der Waals surface area contributed by atoms with Gasteiger partial charge in [0.2, 0.25) is 0 Å².